The van der Waals surface area contributed by atoms with Gasteiger partial charge >= 0.3 is 0 Å². The van der Waals surface area contributed by atoms with Crippen molar-refractivity contribution in [1.82, 2.24) is 0 Å². The van der Waals surface area contributed by atoms with Crippen molar-refractivity contribution in [2.75, 3.05) is 31.4 Å². The molecule has 0 aromatic heterocycles. The third-order valence-electron chi connectivity index (χ3n) is 3.70. The van der Waals surface area contributed by atoms with Crippen LogP contribution in [0.2, 0.25) is 0 Å². The summed E-state index contributed by atoms with van der Waals surface area (Å²) >= 11 is 0. The fourth-order valence-electron chi connectivity index (χ4n) is 2.70. The van der Waals surface area contributed by atoms with Gasteiger partial charge in [-0.3, -0.25) is 0 Å². The van der Waals surface area contributed by atoms with Crippen molar-refractivity contribution in [1.29, 1.82) is 0 Å². The summed E-state index contributed by atoms with van der Waals surface area (Å²) in [6, 6.07) is 9.01. The maximum Gasteiger partial charge on any atom is 0.0596 e. The Morgan fingerprint density at radius 3 is 2.72 bits per heavy atom. The van der Waals surface area contributed by atoms with Crippen LogP contribution in [-0.4, -0.2) is 33.4 Å². The first-order valence-electron chi connectivity index (χ1n) is 6.76. The van der Waals surface area contributed by atoms with E-state index in [9.17, 15) is 0 Å². The molecule has 2 atom stereocenters. The van der Waals surface area contributed by atoms with E-state index in [4.69, 9.17) is 4.74 Å². The minimum absolute atomic E-state index is 0.419. The molecule has 1 saturated carbocycles. The lowest BCUT2D eigenvalue weighted by molar-refractivity contribution is 0.0669. The molecule has 0 radical (unpaired) electrons. The van der Waals surface area contributed by atoms with Crippen LogP contribution >= 0.6 is 0 Å². The molecular weight excluding hydrogens is 224 g/mol. The highest BCUT2D eigenvalue weighted by molar-refractivity contribution is 5.69. The minimum atomic E-state index is 0.419. The van der Waals surface area contributed by atoms with Crippen LogP contribution in [0, 0.1) is 0 Å². The molecular formula is C15H24N2O. The molecule has 1 aliphatic rings. The maximum atomic E-state index is 5.49. The highest BCUT2D eigenvalue weighted by Crippen LogP contribution is 2.28. The van der Waals surface area contributed by atoms with Gasteiger partial charge in [0.25, 0.3) is 0 Å². The Morgan fingerprint density at radius 1 is 1.22 bits per heavy atom. The van der Waals surface area contributed by atoms with Crippen LogP contribution in [-0.2, 0) is 4.74 Å². The predicted octanol–water partition coefficient (Wildman–Crippen LogP) is 3.12. The Labute approximate surface area is 110 Å². The van der Waals surface area contributed by atoms with Gasteiger partial charge in [-0.2, -0.15) is 0 Å². The van der Waals surface area contributed by atoms with E-state index in [0.29, 0.717) is 12.1 Å². The topological polar surface area (TPSA) is 24.5 Å². The molecule has 0 spiro atoms. The molecule has 18 heavy (non-hydrogen) atoms. The molecule has 0 heterocycles. The molecule has 1 aromatic carbocycles. The molecule has 3 nitrogen and oxygen atoms in total. The highest BCUT2D eigenvalue weighted by Gasteiger charge is 2.22. The monoisotopic (exact) mass is 248 g/mol. The van der Waals surface area contributed by atoms with E-state index in [1.54, 1.807) is 0 Å². The van der Waals surface area contributed by atoms with Crippen molar-refractivity contribution in [3.8, 4) is 0 Å². The maximum absolute atomic E-state index is 5.49. The lowest BCUT2D eigenvalue weighted by atomic mass is 9.92. The molecule has 100 valence electrons. The average molecular weight is 248 g/mol. The molecule has 0 amide bonds. The van der Waals surface area contributed by atoms with Gasteiger partial charge in [0, 0.05) is 27.2 Å². The second-order valence-electron chi connectivity index (χ2n) is 5.28. The number of nitrogens with zero attached hydrogens (tertiary/aromatic N) is 1. The van der Waals surface area contributed by atoms with Gasteiger partial charge in [0.1, 0.15) is 0 Å². The summed E-state index contributed by atoms with van der Waals surface area (Å²) in [6.45, 7) is 0. The first-order valence-corrected chi connectivity index (χ1v) is 6.76. The van der Waals surface area contributed by atoms with Crippen molar-refractivity contribution < 1.29 is 4.74 Å². The van der Waals surface area contributed by atoms with E-state index in [-0.39, 0.29) is 0 Å². The van der Waals surface area contributed by atoms with Crippen LogP contribution in [0.4, 0.5) is 11.4 Å². The van der Waals surface area contributed by atoms with Crippen molar-refractivity contribution in [2.45, 2.75) is 37.8 Å². The molecule has 3 heteroatoms. The van der Waals surface area contributed by atoms with E-state index in [0.717, 1.165) is 6.42 Å². The molecule has 1 aromatic rings. The Balaban J connectivity index is 2.04. The summed E-state index contributed by atoms with van der Waals surface area (Å²) in [6.07, 6.45) is 5.22. The van der Waals surface area contributed by atoms with E-state index in [2.05, 4.69) is 48.6 Å². The Morgan fingerprint density at radius 2 is 2.00 bits per heavy atom. The molecule has 0 aliphatic heterocycles. The van der Waals surface area contributed by atoms with Crippen LogP contribution in [0.15, 0.2) is 24.3 Å². The molecule has 1 N–H and O–H groups in total. The standard InChI is InChI=1S/C15H24N2O/c1-17(2)15-10-5-4-9-14(15)16-12-7-6-8-13(11-12)18-3/h4-5,9-10,12-13,16H,6-8,11H2,1-3H3. The SMILES string of the molecule is COC1CCCC(Nc2ccccc2N(C)C)C1. The van der Waals surface area contributed by atoms with Gasteiger partial charge in [0.2, 0.25) is 0 Å². The van der Waals surface area contributed by atoms with E-state index in [1.807, 2.05) is 7.11 Å². The molecule has 1 aliphatic carbocycles. The molecule has 0 saturated heterocycles. The summed E-state index contributed by atoms with van der Waals surface area (Å²) in [4.78, 5) is 2.15. The van der Waals surface area contributed by atoms with E-state index >= 15 is 0 Å². The number of hydrogen-bond donors (Lipinski definition) is 1. The normalized spacial score (nSPS) is 23.7. The van der Waals surface area contributed by atoms with Gasteiger partial charge in [0.15, 0.2) is 0 Å². The van der Waals surface area contributed by atoms with Gasteiger partial charge in [-0.05, 0) is 37.8 Å². The fraction of sp³-hybridized carbons (Fsp3) is 0.600. The van der Waals surface area contributed by atoms with Crippen LogP contribution in [0.1, 0.15) is 25.7 Å². The number of benzene rings is 1. The van der Waals surface area contributed by atoms with Crippen molar-refractivity contribution in [3.63, 3.8) is 0 Å². The summed E-state index contributed by atoms with van der Waals surface area (Å²) in [7, 11) is 5.99. The van der Waals surface area contributed by atoms with Crippen molar-refractivity contribution in [3.05, 3.63) is 24.3 Å². The predicted molar refractivity (Wildman–Crippen MR) is 77.4 cm³/mol. The zero-order chi connectivity index (χ0) is 13.0. The zero-order valence-corrected chi connectivity index (χ0v) is 11.6. The summed E-state index contributed by atoms with van der Waals surface area (Å²) in [5.41, 5.74) is 2.47. The third-order valence-corrected chi connectivity index (χ3v) is 3.70. The van der Waals surface area contributed by atoms with Crippen LogP contribution in [0.5, 0.6) is 0 Å². The van der Waals surface area contributed by atoms with Gasteiger partial charge in [-0.25, -0.2) is 0 Å². The molecule has 0 bridgehead atoms. The lowest BCUT2D eigenvalue weighted by Gasteiger charge is -2.30. The van der Waals surface area contributed by atoms with Gasteiger partial charge in [0.05, 0.1) is 17.5 Å². The van der Waals surface area contributed by atoms with Crippen LogP contribution in [0.3, 0.4) is 0 Å². The first-order chi connectivity index (χ1) is 8.70. The second kappa shape index (κ2) is 6.10. The smallest absolute Gasteiger partial charge is 0.0596 e. The number of rotatable bonds is 4. The molecule has 1 fully saturated rings. The number of para-hydroxylation sites is 2. The molecule has 2 unspecified atom stereocenters. The number of anilines is 2. The Hall–Kier alpha value is -1.22. The van der Waals surface area contributed by atoms with Crippen molar-refractivity contribution in [2.24, 2.45) is 0 Å². The van der Waals surface area contributed by atoms with Crippen LogP contribution in [0.25, 0.3) is 0 Å². The minimum Gasteiger partial charge on any atom is -0.381 e. The average Bonchev–Trinajstić information content (AvgIpc) is 2.39. The lowest BCUT2D eigenvalue weighted by Crippen LogP contribution is -2.31. The summed E-state index contributed by atoms with van der Waals surface area (Å²) < 4.78 is 5.49. The van der Waals surface area contributed by atoms with Gasteiger partial charge in [-0.1, -0.05) is 12.1 Å². The highest BCUT2D eigenvalue weighted by atomic mass is 16.5. The Bertz CT molecular complexity index is 379. The van der Waals surface area contributed by atoms with Crippen molar-refractivity contribution >= 4 is 11.4 Å². The number of ether oxygens (including phenoxy) is 1. The zero-order valence-electron chi connectivity index (χ0n) is 11.6. The third kappa shape index (κ3) is 3.16. The van der Waals surface area contributed by atoms with Gasteiger partial charge < -0.3 is 15.0 Å². The summed E-state index contributed by atoms with van der Waals surface area (Å²) in [5, 5.41) is 3.67. The second-order valence-corrected chi connectivity index (χ2v) is 5.28. The molecule has 2 rings (SSSR count). The van der Waals surface area contributed by atoms with Gasteiger partial charge in [-0.15, -0.1) is 0 Å². The summed E-state index contributed by atoms with van der Waals surface area (Å²) in [5.74, 6) is 0. The first kappa shape index (κ1) is 13.2. The number of nitrogens with one attached hydrogen (secondary N) is 1. The Kier molecular flexibility index (Phi) is 4.48. The van der Waals surface area contributed by atoms with E-state index in [1.165, 1.54) is 30.6 Å². The number of methoxy groups -OCH3 is 1. The van der Waals surface area contributed by atoms with Crippen LogP contribution < -0.4 is 10.2 Å². The quantitative estimate of drug-likeness (QED) is 0.886. The fourth-order valence-corrected chi connectivity index (χ4v) is 2.70. The number of hydrogen-bond acceptors (Lipinski definition) is 3. The largest absolute Gasteiger partial charge is 0.381 e. The van der Waals surface area contributed by atoms with E-state index < -0.39 is 0 Å².